The zero-order valence-electron chi connectivity index (χ0n) is 20.9. The summed E-state index contributed by atoms with van der Waals surface area (Å²) in [5.41, 5.74) is 0. The quantitative estimate of drug-likeness (QED) is 0.120. The van der Waals surface area contributed by atoms with Crippen LogP contribution in [-0.4, -0.2) is 35.0 Å². The summed E-state index contributed by atoms with van der Waals surface area (Å²) in [5.74, 6) is -0.229. The Morgan fingerprint density at radius 2 is 1.03 bits per heavy atom. The minimum Gasteiger partial charge on any atom is -0.460 e. The average Bonchev–Trinajstić information content (AvgIpc) is 2.77. The van der Waals surface area contributed by atoms with Crippen molar-refractivity contribution in [1.82, 2.24) is 0 Å². The molecule has 0 radical (unpaired) electrons. The summed E-state index contributed by atoms with van der Waals surface area (Å²) in [7, 11) is 0. The highest BCUT2D eigenvalue weighted by atomic mass is 16.6. The van der Waals surface area contributed by atoms with Crippen LogP contribution in [0.1, 0.15) is 149 Å². The molecule has 31 heavy (non-hydrogen) atoms. The molecule has 2 atom stereocenters. The van der Waals surface area contributed by atoms with Gasteiger partial charge in [0, 0.05) is 6.42 Å². The molecule has 0 spiro atoms. The van der Waals surface area contributed by atoms with Gasteiger partial charge < -0.3 is 14.9 Å². The highest BCUT2D eigenvalue weighted by Crippen LogP contribution is 2.16. The first-order valence-electron chi connectivity index (χ1n) is 13.6. The van der Waals surface area contributed by atoms with Crippen LogP contribution in [0.5, 0.6) is 0 Å². The first kappa shape index (κ1) is 30.4. The van der Waals surface area contributed by atoms with Gasteiger partial charge in [-0.15, -0.1) is 0 Å². The summed E-state index contributed by atoms with van der Waals surface area (Å²) < 4.78 is 5.51. The molecular formula is C27H54O4. The van der Waals surface area contributed by atoms with Crippen LogP contribution in [0.25, 0.3) is 0 Å². The van der Waals surface area contributed by atoms with Crippen molar-refractivity contribution >= 4 is 5.97 Å². The maximum atomic E-state index is 12.2. The lowest BCUT2D eigenvalue weighted by Gasteiger charge is -2.22. The van der Waals surface area contributed by atoms with Crippen molar-refractivity contribution in [1.29, 1.82) is 0 Å². The summed E-state index contributed by atoms with van der Waals surface area (Å²) in [4.78, 5) is 12.2. The molecule has 4 heteroatoms. The van der Waals surface area contributed by atoms with E-state index in [0.29, 0.717) is 12.8 Å². The molecule has 0 heterocycles. The zero-order chi connectivity index (χ0) is 23.0. The van der Waals surface area contributed by atoms with Gasteiger partial charge >= 0.3 is 5.97 Å². The number of esters is 1. The second kappa shape index (κ2) is 24.0. The standard InChI is InChI=1S/C27H54O4/c1-3-5-7-9-11-13-14-15-17-19-21-23-27(30)31-26(25(29)24-28)22-20-18-16-12-10-8-6-4-2/h25-26,28-29H,3-24H2,1-2H3. The van der Waals surface area contributed by atoms with E-state index >= 15 is 0 Å². The Labute approximate surface area is 193 Å². The minimum absolute atomic E-state index is 0.229. The Morgan fingerprint density at radius 1 is 0.645 bits per heavy atom. The Kier molecular flexibility index (Phi) is 23.6. The highest BCUT2D eigenvalue weighted by Gasteiger charge is 2.22. The molecule has 0 amide bonds. The lowest BCUT2D eigenvalue weighted by atomic mass is 10.0. The molecule has 0 fully saturated rings. The number of ether oxygens (including phenoxy) is 1. The molecule has 0 saturated carbocycles. The monoisotopic (exact) mass is 442 g/mol. The fourth-order valence-corrected chi connectivity index (χ4v) is 4.09. The molecular weight excluding hydrogens is 388 g/mol. The Bertz CT molecular complexity index is 372. The van der Waals surface area contributed by atoms with Gasteiger partial charge in [-0.25, -0.2) is 0 Å². The highest BCUT2D eigenvalue weighted by molar-refractivity contribution is 5.69. The number of carbonyl (C=O) groups excluding carboxylic acids is 1. The number of rotatable bonds is 24. The maximum Gasteiger partial charge on any atom is 0.306 e. The van der Waals surface area contributed by atoms with E-state index < -0.39 is 12.2 Å². The predicted molar refractivity (Wildman–Crippen MR) is 131 cm³/mol. The van der Waals surface area contributed by atoms with Crippen LogP contribution in [0.15, 0.2) is 0 Å². The van der Waals surface area contributed by atoms with Gasteiger partial charge in [0.1, 0.15) is 12.2 Å². The number of unbranched alkanes of at least 4 members (excludes halogenated alkanes) is 17. The van der Waals surface area contributed by atoms with E-state index in [1.165, 1.54) is 96.3 Å². The molecule has 0 bridgehead atoms. The van der Waals surface area contributed by atoms with Crippen molar-refractivity contribution in [2.45, 2.75) is 161 Å². The molecule has 186 valence electrons. The summed E-state index contributed by atoms with van der Waals surface area (Å²) in [6, 6.07) is 0. The molecule has 2 N–H and O–H groups in total. The number of carbonyl (C=O) groups is 1. The molecule has 2 unspecified atom stereocenters. The van der Waals surface area contributed by atoms with Crippen molar-refractivity contribution in [3.05, 3.63) is 0 Å². The van der Waals surface area contributed by atoms with Crippen LogP contribution in [0.4, 0.5) is 0 Å². The van der Waals surface area contributed by atoms with Crippen LogP contribution in [-0.2, 0) is 9.53 Å². The molecule has 0 aliphatic carbocycles. The largest absolute Gasteiger partial charge is 0.460 e. The van der Waals surface area contributed by atoms with Crippen molar-refractivity contribution in [2.75, 3.05) is 6.61 Å². The number of aliphatic hydroxyl groups is 2. The van der Waals surface area contributed by atoms with Crippen LogP contribution < -0.4 is 0 Å². The molecule has 0 aliphatic heterocycles. The topological polar surface area (TPSA) is 66.8 Å². The van der Waals surface area contributed by atoms with Crippen LogP contribution in [0, 0.1) is 0 Å². The van der Waals surface area contributed by atoms with Crippen molar-refractivity contribution in [2.24, 2.45) is 0 Å². The number of hydrogen-bond acceptors (Lipinski definition) is 4. The van der Waals surface area contributed by atoms with Gasteiger partial charge in [-0.3, -0.25) is 4.79 Å². The van der Waals surface area contributed by atoms with Gasteiger partial charge in [0.2, 0.25) is 0 Å². The second-order valence-corrected chi connectivity index (χ2v) is 9.33. The average molecular weight is 443 g/mol. The van der Waals surface area contributed by atoms with Crippen molar-refractivity contribution in [3.63, 3.8) is 0 Å². The normalized spacial score (nSPS) is 13.3. The fraction of sp³-hybridized carbons (Fsp3) is 0.963. The predicted octanol–water partition coefficient (Wildman–Crippen LogP) is 7.48. The van der Waals surface area contributed by atoms with E-state index in [9.17, 15) is 15.0 Å². The zero-order valence-corrected chi connectivity index (χ0v) is 20.9. The molecule has 0 rings (SSSR count). The van der Waals surface area contributed by atoms with Crippen LogP contribution >= 0.6 is 0 Å². The smallest absolute Gasteiger partial charge is 0.306 e. The molecule has 0 aromatic carbocycles. The van der Waals surface area contributed by atoms with E-state index in [-0.39, 0.29) is 12.6 Å². The van der Waals surface area contributed by atoms with Gasteiger partial charge in [0.15, 0.2) is 0 Å². The summed E-state index contributed by atoms with van der Waals surface area (Å²) in [6.45, 7) is 4.13. The van der Waals surface area contributed by atoms with Gasteiger partial charge in [0.25, 0.3) is 0 Å². The van der Waals surface area contributed by atoms with E-state index in [2.05, 4.69) is 13.8 Å². The van der Waals surface area contributed by atoms with Crippen molar-refractivity contribution < 1.29 is 19.7 Å². The fourth-order valence-electron chi connectivity index (χ4n) is 4.09. The van der Waals surface area contributed by atoms with E-state index in [1.807, 2.05) is 0 Å². The third kappa shape index (κ3) is 21.0. The Morgan fingerprint density at radius 3 is 1.45 bits per heavy atom. The van der Waals surface area contributed by atoms with E-state index in [0.717, 1.165) is 25.7 Å². The van der Waals surface area contributed by atoms with Crippen LogP contribution in [0.2, 0.25) is 0 Å². The second-order valence-electron chi connectivity index (χ2n) is 9.33. The SMILES string of the molecule is CCCCCCCCCCCCCC(=O)OC(CCCCCCCCCC)C(O)CO. The lowest BCUT2D eigenvalue weighted by Crippen LogP contribution is -2.34. The van der Waals surface area contributed by atoms with Gasteiger partial charge in [-0.2, -0.15) is 0 Å². The van der Waals surface area contributed by atoms with Crippen molar-refractivity contribution in [3.8, 4) is 0 Å². The third-order valence-electron chi connectivity index (χ3n) is 6.23. The summed E-state index contributed by atoms with van der Waals surface area (Å²) in [6.07, 6.45) is 23.0. The van der Waals surface area contributed by atoms with Crippen LogP contribution in [0.3, 0.4) is 0 Å². The molecule has 0 aliphatic rings. The molecule has 0 aromatic rings. The van der Waals surface area contributed by atoms with Gasteiger partial charge in [-0.05, 0) is 19.3 Å². The first-order chi connectivity index (χ1) is 15.2. The van der Waals surface area contributed by atoms with E-state index in [1.54, 1.807) is 0 Å². The number of hydrogen-bond donors (Lipinski definition) is 2. The maximum absolute atomic E-state index is 12.2. The van der Waals surface area contributed by atoms with E-state index in [4.69, 9.17) is 4.74 Å². The summed E-state index contributed by atoms with van der Waals surface area (Å²) in [5, 5.41) is 19.3. The number of aliphatic hydroxyl groups excluding tert-OH is 2. The molecule has 0 aromatic heterocycles. The Balaban J connectivity index is 3.73. The summed E-state index contributed by atoms with van der Waals surface area (Å²) >= 11 is 0. The van der Waals surface area contributed by atoms with Gasteiger partial charge in [0.05, 0.1) is 6.61 Å². The molecule has 4 nitrogen and oxygen atoms in total. The lowest BCUT2D eigenvalue weighted by molar-refractivity contribution is -0.157. The van der Waals surface area contributed by atoms with Gasteiger partial charge in [-0.1, -0.05) is 123 Å². The first-order valence-corrected chi connectivity index (χ1v) is 13.6. The Hall–Kier alpha value is -0.610. The third-order valence-corrected chi connectivity index (χ3v) is 6.23. The minimum atomic E-state index is -0.967. The molecule has 0 saturated heterocycles.